The van der Waals surface area contributed by atoms with Gasteiger partial charge in [-0.15, -0.1) is 11.3 Å². The number of hydrazone groups is 1. The number of carbonyl (C=O) groups excluding carboxylic acids is 1. The molecule has 2 amide bonds. The zero-order valence-electron chi connectivity index (χ0n) is 5.95. The van der Waals surface area contributed by atoms with Crippen LogP contribution in [0.3, 0.4) is 0 Å². The Kier molecular flexibility index (Phi) is 3.07. The number of urea groups is 1. The van der Waals surface area contributed by atoms with Gasteiger partial charge in [0.05, 0.1) is 11.2 Å². The van der Waals surface area contributed by atoms with E-state index in [0.29, 0.717) is 5.02 Å². The normalized spacial score (nSPS) is 10.4. The second kappa shape index (κ2) is 4.08. The molecule has 3 N–H and O–H groups in total. The number of nitrogens with zero attached hydrogens (tertiary/aromatic N) is 1. The molecule has 1 rings (SSSR count). The van der Waals surface area contributed by atoms with Crippen molar-refractivity contribution < 1.29 is 4.79 Å². The van der Waals surface area contributed by atoms with Gasteiger partial charge in [-0.05, 0) is 6.07 Å². The fourth-order valence-electron chi connectivity index (χ4n) is 0.555. The number of primary amides is 1. The lowest BCUT2D eigenvalue weighted by atomic mass is 10.5. The van der Waals surface area contributed by atoms with Gasteiger partial charge in [-0.2, -0.15) is 5.10 Å². The molecule has 64 valence electrons. The highest BCUT2D eigenvalue weighted by molar-refractivity contribution is 7.12. The molecule has 1 aromatic rings. The molecule has 4 nitrogen and oxygen atoms in total. The molecule has 0 aromatic carbocycles. The van der Waals surface area contributed by atoms with Crippen molar-refractivity contribution in [2.75, 3.05) is 0 Å². The van der Waals surface area contributed by atoms with E-state index in [4.69, 9.17) is 17.3 Å². The van der Waals surface area contributed by atoms with Gasteiger partial charge in [0.15, 0.2) is 0 Å². The van der Waals surface area contributed by atoms with Crippen molar-refractivity contribution in [1.29, 1.82) is 0 Å². The molecule has 0 saturated heterocycles. The van der Waals surface area contributed by atoms with Gasteiger partial charge >= 0.3 is 6.03 Å². The number of nitrogens with one attached hydrogen (secondary N) is 1. The predicted octanol–water partition coefficient (Wildman–Crippen LogP) is 1.40. The van der Waals surface area contributed by atoms with Crippen LogP contribution in [0.4, 0.5) is 4.79 Å². The Morgan fingerprint density at radius 3 is 3.08 bits per heavy atom. The summed E-state index contributed by atoms with van der Waals surface area (Å²) in [6.45, 7) is 0. The van der Waals surface area contributed by atoms with Gasteiger partial charge in [-0.25, -0.2) is 10.2 Å². The highest BCUT2D eigenvalue weighted by atomic mass is 35.5. The molecular formula is C6H6ClN3OS. The van der Waals surface area contributed by atoms with Crippen LogP contribution in [0.1, 0.15) is 4.88 Å². The number of thiophene rings is 1. The van der Waals surface area contributed by atoms with Crippen molar-refractivity contribution in [3.63, 3.8) is 0 Å². The number of carbonyl (C=O) groups is 1. The summed E-state index contributed by atoms with van der Waals surface area (Å²) >= 11 is 7.07. The van der Waals surface area contributed by atoms with Crippen LogP contribution in [0.25, 0.3) is 0 Å². The molecular weight excluding hydrogens is 198 g/mol. The van der Waals surface area contributed by atoms with Gasteiger partial charge < -0.3 is 5.73 Å². The van der Waals surface area contributed by atoms with E-state index in [1.807, 2.05) is 0 Å². The largest absolute Gasteiger partial charge is 0.350 e. The third-order valence-corrected chi connectivity index (χ3v) is 2.17. The van der Waals surface area contributed by atoms with E-state index in [2.05, 4.69) is 10.5 Å². The number of rotatable bonds is 2. The molecule has 12 heavy (non-hydrogen) atoms. The Bertz CT molecular complexity index is 309. The van der Waals surface area contributed by atoms with E-state index < -0.39 is 6.03 Å². The highest BCUT2D eigenvalue weighted by Gasteiger charge is 1.93. The summed E-state index contributed by atoms with van der Waals surface area (Å²) in [6, 6.07) is 1.05. The number of hydrogen-bond acceptors (Lipinski definition) is 3. The number of nitrogens with two attached hydrogens (primary N) is 1. The second-order valence-corrected chi connectivity index (χ2v) is 3.28. The Morgan fingerprint density at radius 2 is 2.58 bits per heavy atom. The SMILES string of the molecule is NC(=O)N/N=C/c1cc(Cl)cs1. The van der Waals surface area contributed by atoms with Gasteiger partial charge in [0, 0.05) is 10.3 Å². The summed E-state index contributed by atoms with van der Waals surface area (Å²) in [5.41, 5.74) is 6.85. The van der Waals surface area contributed by atoms with Crippen LogP contribution in [-0.2, 0) is 0 Å². The maximum atomic E-state index is 10.2. The van der Waals surface area contributed by atoms with Crippen LogP contribution in [0.2, 0.25) is 5.02 Å². The fraction of sp³-hybridized carbons (Fsp3) is 0. The van der Waals surface area contributed by atoms with Gasteiger partial charge in [-0.3, -0.25) is 0 Å². The quantitative estimate of drug-likeness (QED) is 0.554. The zero-order valence-corrected chi connectivity index (χ0v) is 7.52. The van der Waals surface area contributed by atoms with Crippen LogP contribution < -0.4 is 11.2 Å². The maximum absolute atomic E-state index is 10.2. The summed E-state index contributed by atoms with van der Waals surface area (Å²) in [6.07, 6.45) is 1.47. The van der Waals surface area contributed by atoms with Gasteiger partial charge in [0.1, 0.15) is 0 Å². The van der Waals surface area contributed by atoms with E-state index in [-0.39, 0.29) is 0 Å². The lowest BCUT2D eigenvalue weighted by Gasteiger charge is -1.87. The van der Waals surface area contributed by atoms with E-state index in [1.165, 1.54) is 17.6 Å². The lowest BCUT2D eigenvalue weighted by Crippen LogP contribution is -2.24. The topological polar surface area (TPSA) is 67.5 Å². The first-order valence-corrected chi connectivity index (χ1v) is 4.27. The molecule has 0 bridgehead atoms. The van der Waals surface area contributed by atoms with Crippen molar-refractivity contribution >= 4 is 35.2 Å². The molecule has 0 aliphatic heterocycles. The third kappa shape index (κ3) is 2.89. The summed E-state index contributed by atoms with van der Waals surface area (Å²) in [7, 11) is 0. The van der Waals surface area contributed by atoms with E-state index in [9.17, 15) is 4.79 Å². The summed E-state index contributed by atoms with van der Waals surface area (Å²) < 4.78 is 0. The minimum Gasteiger partial charge on any atom is -0.350 e. The number of halogens is 1. The average Bonchev–Trinajstić information content (AvgIpc) is 2.35. The molecule has 0 unspecified atom stereocenters. The molecule has 1 aromatic heterocycles. The monoisotopic (exact) mass is 203 g/mol. The summed E-state index contributed by atoms with van der Waals surface area (Å²) in [5, 5.41) is 5.98. The fourth-order valence-corrected chi connectivity index (χ4v) is 1.50. The Balaban J connectivity index is 2.52. The van der Waals surface area contributed by atoms with E-state index in [0.717, 1.165) is 4.88 Å². The van der Waals surface area contributed by atoms with Gasteiger partial charge in [0.2, 0.25) is 0 Å². The molecule has 0 saturated carbocycles. The molecule has 0 aliphatic carbocycles. The molecule has 0 radical (unpaired) electrons. The summed E-state index contributed by atoms with van der Waals surface area (Å²) in [5.74, 6) is 0. The van der Waals surface area contributed by atoms with Crippen molar-refractivity contribution in [2.24, 2.45) is 10.8 Å². The van der Waals surface area contributed by atoms with Crippen LogP contribution in [0, 0.1) is 0 Å². The minimum absolute atomic E-state index is 0.653. The minimum atomic E-state index is -0.686. The first kappa shape index (κ1) is 9.02. The van der Waals surface area contributed by atoms with E-state index >= 15 is 0 Å². The lowest BCUT2D eigenvalue weighted by molar-refractivity contribution is 0.249. The van der Waals surface area contributed by atoms with Crippen LogP contribution in [0.15, 0.2) is 16.5 Å². The smallest absolute Gasteiger partial charge is 0.332 e. The van der Waals surface area contributed by atoms with Crippen molar-refractivity contribution in [3.8, 4) is 0 Å². The molecule has 0 atom stereocenters. The molecule has 6 heteroatoms. The van der Waals surface area contributed by atoms with Gasteiger partial charge in [-0.1, -0.05) is 11.6 Å². The van der Waals surface area contributed by atoms with Crippen molar-refractivity contribution in [2.45, 2.75) is 0 Å². The molecule has 0 spiro atoms. The summed E-state index contributed by atoms with van der Waals surface area (Å²) in [4.78, 5) is 11.0. The highest BCUT2D eigenvalue weighted by Crippen LogP contribution is 2.16. The van der Waals surface area contributed by atoms with E-state index in [1.54, 1.807) is 11.4 Å². The standard InChI is InChI=1S/C6H6ClN3OS/c7-4-1-5(12-3-4)2-9-10-6(8)11/h1-3H,(H3,8,10,11)/b9-2+. The Morgan fingerprint density at radius 1 is 1.83 bits per heavy atom. The van der Waals surface area contributed by atoms with Crippen molar-refractivity contribution in [3.05, 3.63) is 21.3 Å². The van der Waals surface area contributed by atoms with Crippen LogP contribution in [0.5, 0.6) is 0 Å². The van der Waals surface area contributed by atoms with Crippen molar-refractivity contribution in [1.82, 2.24) is 5.43 Å². The molecule has 0 aliphatic rings. The van der Waals surface area contributed by atoms with Gasteiger partial charge in [0.25, 0.3) is 0 Å². The number of hydrogen-bond donors (Lipinski definition) is 2. The first-order valence-electron chi connectivity index (χ1n) is 3.01. The average molecular weight is 204 g/mol. The Hall–Kier alpha value is -1.07. The first-order chi connectivity index (χ1) is 5.68. The predicted molar refractivity (Wildman–Crippen MR) is 49.6 cm³/mol. The van der Waals surface area contributed by atoms with Crippen LogP contribution >= 0.6 is 22.9 Å². The zero-order chi connectivity index (χ0) is 8.97. The van der Waals surface area contributed by atoms with Crippen LogP contribution in [-0.4, -0.2) is 12.2 Å². The maximum Gasteiger partial charge on any atom is 0.332 e. The Labute approximate surface area is 78.0 Å². The molecule has 1 heterocycles. The third-order valence-electron chi connectivity index (χ3n) is 0.954. The number of amides is 2. The second-order valence-electron chi connectivity index (χ2n) is 1.90. The molecule has 0 fully saturated rings.